The number of hydrogen-bond acceptors (Lipinski definition) is 4. The Balaban J connectivity index is 2.16. The number of benzene rings is 2. The van der Waals surface area contributed by atoms with Crippen LogP contribution in [0.4, 0.5) is 14.9 Å². The maximum Gasteiger partial charge on any atom is 0.429 e. The van der Waals surface area contributed by atoms with E-state index in [1.807, 2.05) is 0 Å². The predicted octanol–water partition coefficient (Wildman–Crippen LogP) is 4.67. The summed E-state index contributed by atoms with van der Waals surface area (Å²) >= 11 is 5.73. The molecule has 0 radical (unpaired) electrons. The summed E-state index contributed by atoms with van der Waals surface area (Å²) in [5.74, 6) is 5.71. The number of carbonyl (C=O) groups is 1. The number of hydrogen-bond donors (Lipinski definition) is 1. The van der Waals surface area contributed by atoms with Gasteiger partial charge in [0.15, 0.2) is 0 Å². The molecule has 0 heterocycles. The van der Waals surface area contributed by atoms with Gasteiger partial charge >= 0.3 is 6.09 Å². The number of nitrogens with zero attached hydrogens (tertiary/aromatic N) is 1. The minimum absolute atomic E-state index is 0.0395. The summed E-state index contributed by atoms with van der Waals surface area (Å²) in [5, 5.41) is 1.17. The maximum absolute atomic E-state index is 13.9. The molecule has 2 rings (SSSR count). The zero-order valence-electron chi connectivity index (χ0n) is 14.3. The highest BCUT2D eigenvalue weighted by atomic mass is 35.5. The molecule has 5 nitrogen and oxygen atoms in total. The highest BCUT2D eigenvalue weighted by Crippen LogP contribution is 2.28. The third-order valence-corrected chi connectivity index (χ3v) is 3.35. The number of nitrogens with two attached hydrogens (primary N) is 1. The number of anilines is 1. The van der Waals surface area contributed by atoms with Crippen molar-refractivity contribution < 1.29 is 18.7 Å². The van der Waals surface area contributed by atoms with Gasteiger partial charge in [0.2, 0.25) is 0 Å². The van der Waals surface area contributed by atoms with E-state index in [0.29, 0.717) is 22.0 Å². The molecular weight excluding hydrogens is 347 g/mol. The molecule has 134 valence electrons. The number of para-hydroxylation sites is 2. The SMILES string of the molecule is CC(C)(C)OC(=O)N(N)c1ccccc1OCc1ccc(Cl)cc1F. The molecule has 0 aliphatic carbocycles. The number of amides is 1. The molecule has 0 unspecified atom stereocenters. The molecule has 2 N–H and O–H groups in total. The number of hydrazine groups is 1. The molecule has 0 bridgehead atoms. The summed E-state index contributed by atoms with van der Waals surface area (Å²) in [6.07, 6.45) is -0.721. The average Bonchev–Trinajstić information content (AvgIpc) is 2.52. The van der Waals surface area contributed by atoms with E-state index in [2.05, 4.69) is 0 Å². The van der Waals surface area contributed by atoms with E-state index in [4.69, 9.17) is 26.9 Å². The fraction of sp³-hybridized carbons (Fsp3) is 0.278. The fourth-order valence-electron chi connectivity index (χ4n) is 1.98. The summed E-state index contributed by atoms with van der Waals surface area (Å²) in [5.41, 5.74) is -0.0390. The van der Waals surface area contributed by atoms with Gasteiger partial charge in [0.05, 0.1) is 0 Å². The Morgan fingerprint density at radius 2 is 1.92 bits per heavy atom. The fourth-order valence-corrected chi connectivity index (χ4v) is 2.14. The van der Waals surface area contributed by atoms with Crippen molar-refractivity contribution in [3.63, 3.8) is 0 Å². The summed E-state index contributed by atoms with van der Waals surface area (Å²) in [7, 11) is 0. The van der Waals surface area contributed by atoms with Crippen molar-refractivity contribution >= 4 is 23.4 Å². The normalized spacial score (nSPS) is 11.1. The Bertz CT molecular complexity index is 762. The second-order valence-corrected chi connectivity index (χ2v) is 6.78. The number of carbonyl (C=O) groups excluding carboxylic acids is 1. The van der Waals surface area contributed by atoms with Crippen molar-refractivity contribution in [2.45, 2.75) is 33.0 Å². The summed E-state index contributed by atoms with van der Waals surface area (Å²) in [4.78, 5) is 12.1. The third-order valence-electron chi connectivity index (χ3n) is 3.11. The van der Waals surface area contributed by atoms with Gasteiger partial charge < -0.3 is 9.47 Å². The van der Waals surface area contributed by atoms with Crippen molar-refractivity contribution in [2.75, 3.05) is 5.01 Å². The monoisotopic (exact) mass is 366 g/mol. The highest BCUT2D eigenvalue weighted by Gasteiger charge is 2.23. The van der Waals surface area contributed by atoms with E-state index in [1.54, 1.807) is 51.1 Å². The maximum atomic E-state index is 13.9. The summed E-state index contributed by atoms with van der Waals surface area (Å²) in [6.45, 7) is 5.18. The van der Waals surface area contributed by atoms with Gasteiger partial charge in [0, 0.05) is 10.6 Å². The number of halogens is 2. The lowest BCUT2D eigenvalue weighted by Gasteiger charge is -2.25. The van der Waals surface area contributed by atoms with E-state index >= 15 is 0 Å². The molecule has 0 spiro atoms. The van der Waals surface area contributed by atoms with E-state index in [1.165, 1.54) is 12.1 Å². The Kier molecular flexibility index (Phi) is 5.87. The molecule has 0 aromatic heterocycles. The third kappa shape index (κ3) is 5.34. The molecule has 0 fully saturated rings. The molecule has 1 amide bonds. The van der Waals surface area contributed by atoms with Crippen LogP contribution in [0.5, 0.6) is 5.75 Å². The van der Waals surface area contributed by atoms with Crippen LogP contribution in [-0.2, 0) is 11.3 Å². The predicted molar refractivity (Wildman–Crippen MR) is 95.1 cm³/mol. The zero-order valence-corrected chi connectivity index (χ0v) is 15.0. The van der Waals surface area contributed by atoms with Crippen LogP contribution < -0.4 is 15.6 Å². The lowest BCUT2D eigenvalue weighted by atomic mass is 10.2. The van der Waals surface area contributed by atoms with Crippen LogP contribution in [0.2, 0.25) is 5.02 Å². The quantitative estimate of drug-likeness (QED) is 0.485. The van der Waals surface area contributed by atoms with Crippen LogP contribution in [0.1, 0.15) is 26.3 Å². The molecule has 0 aliphatic heterocycles. The Morgan fingerprint density at radius 1 is 1.24 bits per heavy atom. The van der Waals surface area contributed by atoms with Crippen molar-refractivity contribution in [1.29, 1.82) is 0 Å². The lowest BCUT2D eigenvalue weighted by Crippen LogP contribution is -2.41. The first-order valence-electron chi connectivity index (χ1n) is 7.61. The van der Waals surface area contributed by atoms with Gasteiger partial charge in [-0.2, -0.15) is 0 Å². The summed E-state index contributed by atoms with van der Waals surface area (Å²) < 4.78 is 24.7. The van der Waals surface area contributed by atoms with Gasteiger partial charge in [-0.3, -0.25) is 0 Å². The van der Waals surface area contributed by atoms with Crippen LogP contribution in [-0.4, -0.2) is 11.7 Å². The van der Waals surface area contributed by atoms with E-state index in [-0.39, 0.29) is 6.61 Å². The van der Waals surface area contributed by atoms with Gasteiger partial charge in [0.25, 0.3) is 0 Å². The molecule has 0 saturated carbocycles. The standard InChI is InChI=1S/C18H20ClFN2O3/c1-18(2,3)25-17(23)22(21)15-6-4-5-7-16(15)24-11-12-8-9-13(19)10-14(12)20/h4-10H,11,21H2,1-3H3. The van der Waals surface area contributed by atoms with Crippen molar-refractivity contribution in [1.82, 2.24) is 0 Å². The first kappa shape index (κ1) is 19.0. The van der Waals surface area contributed by atoms with Crippen LogP contribution in [0.25, 0.3) is 0 Å². The van der Waals surface area contributed by atoms with Crippen LogP contribution in [0, 0.1) is 5.82 Å². The van der Waals surface area contributed by atoms with Crippen LogP contribution >= 0.6 is 11.6 Å². The first-order chi connectivity index (χ1) is 11.7. The highest BCUT2D eigenvalue weighted by molar-refractivity contribution is 6.30. The molecule has 0 atom stereocenters. The van der Waals surface area contributed by atoms with Crippen molar-refractivity contribution in [2.24, 2.45) is 5.84 Å². The molecule has 0 aliphatic rings. The van der Waals surface area contributed by atoms with Crippen molar-refractivity contribution in [3.8, 4) is 5.75 Å². The lowest BCUT2D eigenvalue weighted by molar-refractivity contribution is 0.0579. The molecule has 7 heteroatoms. The second kappa shape index (κ2) is 7.72. The molecule has 0 saturated heterocycles. The van der Waals surface area contributed by atoms with Gasteiger partial charge in [-0.15, -0.1) is 0 Å². The van der Waals surface area contributed by atoms with Gasteiger partial charge in [-0.1, -0.05) is 29.8 Å². The zero-order chi connectivity index (χ0) is 18.6. The average molecular weight is 367 g/mol. The smallest absolute Gasteiger partial charge is 0.429 e. The Morgan fingerprint density at radius 3 is 2.56 bits per heavy atom. The molecule has 2 aromatic rings. The minimum atomic E-state index is -0.721. The van der Waals surface area contributed by atoms with E-state index in [0.717, 1.165) is 5.01 Å². The number of ether oxygens (including phenoxy) is 2. The van der Waals surface area contributed by atoms with Gasteiger partial charge in [0.1, 0.15) is 29.5 Å². The Labute approximate surface area is 151 Å². The first-order valence-corrected chi connectivity index (χ1v) is 7.99. The van der Waals surface area contributed by atoms with Crippen LogP contribution in [0.15, 0.2) is 42.5 Å². The molecule has 2 aromatic carbocycles. The van der Waals surface area contributed by atoms with Gasteiger partial charge in [-0.25, -0.2) is 20.0 Å². The largest absolute Gasteiger partial charge is 0.487 e. The molecule has 25 heavy (non-hydrogen) atoms. The number of rotatable bonds is 4. The van der Waals surface area contributed by atoms with Crippen LogP contribution in [0.3, 0.4) is 0 Å². The minimum Gasteiger partial charge on any atom is -0.487 e. The Hall–Kier alpha value is -2.31. The summed E-state index contributed by atoms with van der Waals surface area (Å²) in [6, 6.07) is 11.0. The van der Waals surface area contributed by atoms with Crippen molar-refractivity contribution in [3.05, 3.63) is 58.9 Å². The van der Waals surface area contributed by atoms with E-state index in [9.17, 15) is 9.18 Å². The molecular formula is C18H20ClFN2O3. The van der Waals surface area contributed by atoms with E-state index < -0.39 is 17.5 Å². The van der Waals surface area contributed by atoms with Gasteiger partial charge in [-0.05, 0) is 45.0 Å². The topological polar surface area (TPSA) is 64.8 Å². The second-order valence-electron chi connectivity index (χ2n) is 6.34.